The van der Waals surface area contributed by atoms with Gasteiger partial charge in [0.1, 0.15) is 29.5 Å². The second kappa shape index (κ2) is 12.4. The molecule has 8 nitrogen and oxygen atoms in total. The largest absolute Gasteiger partial charge is 0.461 e. The number of carbonyl (C=O) groups is 1. The van der Waals surface area contributed by atoms with Crippen LogP contribution in [-0.2, 0) is 4.79 Å². The third kappa shape index (κ3) is 5.39. The lowest BCUT2D eigenvalue weighted by Crippen LogP contribution is -2.43. The number of anilines is 1. The van der Waals surface area contributed by atoms with E-state index in [9.17, 15) is 9.18 Å². The molecule has 246 valence electrons. The Labute approximate surface area is 275 Å². The first kappa shape index (κ1) is 30.6. The van der Waals surface area contributed by atoms with E-state index in [1.165, 1.54) is 30.5 Å². The zero-order valence-electron chi connectivity index (χ0n) is 26.3. The maximum Gasteiger partial charge on any atom is 0.319 e. The van der Waals surface area contributed by atoms with Crippen LogP contribution in [0, 0.1) is 23.4 Å². The number of halogens is 3. The molecule has 3 aromatic carbocycles. The summed E-state index contributed by atoms with van der Waals surface area (Å²) < 4.78 is 57.5. The molecule has 0 aliphatic carbocycles. The van der Waals surface area contributed by atoms with Crippen molar-refractivity contribution >= 4 is 33.5 Å². The van der Waals surface area contributed by atoms with Crippen LogP contribution in [0.25, 0.3) is 32.9 Å². The van der Waals surface area contributed by atoms with Gasteiger partial charge in [-0.25, -0.2) is 13.2 Å². The summed E-state index contributed by atoms with van der Waals surface area (Å²) in [7, 11) is 0. The van der Waals surface area contributed by atoms with Crippen LogP contribution in [0.4, 0.5) is 19.0 Å². The number of nitrogens with zero attached hydrogens (tertiary/aromatic N) is 5. The van der Waals surface area contributed by atoms with Gasteiger partial charge in [-0.05, 0) is 75.2 Å². The van der Waals surface area contributed by atoms with Crippen molar-refractivity contribution in [2.24, 2.45) is 5.92 Å². The molecule has 0 atom stereocenters. The molecule has 3 aliphatic heterocycles. The molecule has 48 heavy (non-hydrogen) atoms. The number of ether oxygens (including phenoxy) is 2. The second-order valence-corrected chi connectivity index (χ2v) is 13.0. The summed E-state index contributed by atoms with van der Waals surface area (Å²) in [6.07, 6.45) is 6.64. The van der Waals surface area contributed by atoms with Crippen molar-refractivity contribution in [3.63, 3.8) is 0 Å². The Morgan fingerprint density at radius 2 is 1.60 bits per heavy atom. The van der Waals surface area contributed by atoms with Crippen molar-refractivity contribution in [1.29, 1.82) is 0 Å². The van der Waals surface area contributed by atoms with E-state index in [-0.39, 0.29) is 33.9 Å². The molecule has 11 heteroatoms. The number of esters is 1. The van der Waals surface area contributed by atoms with E-state index in [0.29, 0.717) is 54.7 Å². The van der Waals surface area contributed by atoms with E-state index < -0.39 is 29.3 Å². The predicted molar refractivity (Wildman–Crippen MR) is 175 cm³/mol. The molecule has 8 rings (SSSR count). The lowest BCUT2D eigenvalue weighted by molar-refractivity contribution is -0.139. The fourth-order valence-corrected chi connectivity index (χ4v) is 7.71. The lowest BCUT2D eigenvalue weighted by atomic mass is 9.95. The van der Waals surface area contributed by atoms with Gasteiger partial charge >= 0.3 is 12.0 Å². The van der Waals surface area contributed by atoms with Crippen LogP contribution in [0.3, 0.4) is 0 Å². The first-order valence-corrected chi connectivity index (χ1v) is 16.5. The van der Waals surface area contributed by atoms with E-state index in [1.807, 2.05) is 4.90 Å². The highest BCUT2D eigenvalue weighted by Crippen LogP contribution is 2.40. The predicted octanol–water partition coefficient (Wildman–Crippen LogP) is 7.09. The molecule has 0 radical (unpaired) electrons. The van der Waals surface area contributed by atoms with Crippen LogP contribution in [0.2, 0.25) is 0 Å². The average Bonchev–Trinajstić information content (AvgIpc) is 3.69. The summed E-state index contributed by atoms with van der Waals surface area (Å²) >= 11 is 0. The number of carbonyl (C=O) groups excluding carboxylic acids is 1. The number of rotatable bonds is 7. The Hall–Kier alpha value is -4.77. The molecular weight excluding hydrogens is 619 g/mol. The minimum Gasteiger partial charge on any atom is -0.461 e. The lowest BCUT2D eigenvalue weighted by Gasteiger charge is -2.33. The van der Waals surface area contributed by atoms with Crippen molar-refractivity contribution in [2.75, 3.05) is 37.7 Å². The smallest absolute Gasteiger partial charge is 0.319 e. The van der Waals surface area contributed by atoms with Crippen LogP contribution in [0.15, 0.2) is 66.9 Å². The van der Waals surface area contributed by atoms with E-state index in [0.717, 1.165) is 38.8 Å². The number of fused-ring (bicyclic) bond motifs is 3. The minimum atomic E-state index is -0.693. The van der Waals surface area contributed by atoms with Crippen LogP contribution in [0.5, 0.6) is 11.8 Å². The van der Waals surface area contributed by atoms with E-state index in [2.05, 4.69) is 14.9 Å². The molecule has 3 fully saturated rings. The van der Waals surface area contributed by atoms with Crippen LogP contribution < -0.4 is 14.4 Å². The Morgan fingerprint density at radius 1 is 0.875 bits per heavy atom. The number of hydrogen-bond acceptors (Lipinski definition) is 8. The summed E-state index contributed by atoms with van der Waals surface area (Å²) in [5, 5.41) is 1.30. The van der Waals surface area contributed by atoms with Crippen molar-refractivity contribution in [1.82, 2.24) is 19.9 Å². The standard InChI is InChI=1S/C37H34F3N5O3/c38-27-10-1-2-12-29(27)48-35(46)24-13-19-44(20-14-24)34-26-21-41-32(25-9-3-7-23-8-4-11-28(39)30(23)25)31(40)33(26)42-36(43-34)47-22-37-15-5-17-45(37)18-6-16-37/h1-4,7-12,21,24H,5-6,13-20,22H2. The highest BCUT2D eigenvalue weighted by atomic mass is 19.1. The summed E-state index contributed by atoms with van der Waals surface area (Å²) in [4.78, 5) is 31.2. The Balaban J connectivity index is 1.14. The van der Waals surface area contributed by atoms with E-state index in [1.54, 1.807) is 36.4 Å². The molecule has 0 amide bonds. The second-order valence-electron chi connectivity index (χ2n) is 13.0. The summed E-state index contributed by atoms with van der Waals surface area (Å²) in [5.41, 5.74) is 0.271. The fourth-order valence-electron chi connectivity index (χ4n) is 7.71. The molecule has 0 bridgehead atoms. The third-order valence-electron chi connectivity index (χ3n) is 10.2. The normalized spacial score (nSPS) is 18.0. The van der Waals surface area contributed by atoms with Crippen LogP contribution >= 0.6 is 0 Å². The average molecular weight is 654 g/mol. The zero-order chi connectivity index (χ0) is 32.8. The highest BCUT2D eigenvalue weighted by molar-refractivity contribution is 5.99. The fraction of sp³-hybridized carbons (Fsp3) is 0.351. The summed E-state index contributed by atoms with van der Waals surface area (Å²) in [5.74, 6) is -2.34. The van der Waals surface area contributed by atoms with Gasteiger partial charge in [0.05, 0.1) is 16.8 Å². The van der Waals surface area contributed by atoms with Crippen LogP contribution in [0.1, 0.15) is 38.5 Å². The van der Waals surface area contributed by atoms with E-state index in [4.69, 9.17) is 14.5 Å². The van der Waals surface area contributed by atoms with E-state index >= 15 is 8.78 Å². The summed E-state index contributed by atoms with van der Waals surface area (Å²) in [6.45, 7) is 3.30. The van der Waals surface area contributed by atoms with Crippen molar-refractivity contribution in [3.8, 4) is 23.0 Å². The molecule has 3 aliphatic rings. The maximum absolute atomic E-state index is 16.7. The molecule has 5 heterocycles. The molecule has 0 unspecified atom stereocenters. The van der Waals surface area contributed by atoms with Gasteiger partial charge in [0.2, 0.25) is 0 Å². The minimum absolute atomic E-state index is 0.0141. The number of hydrogen-bond donors (Lipinski definition) is 0. The Morgan fingerprint density at radius 3 is 2.38 bits per heavy atom. The van der Waals surface area contributed by atoms with Gasteiger partial charge in [-0.2, -0.15) is 9.97 Å². The molecule has 0 spiro atoms. The van der Waals surface area contributed by atoms with Gasteiger partial charge in [0, 0.05) is 30.2 Å². The van der Waals surface area contributed by atoms with Gasteiger partial charge in [-0.1, -0.05) is 42.5 Å². The number of aromatic nitrogens is 3. The van der Waals surface area contributed by atoms with Gasteiger partial charge in [-0.3, -0.25) is 14.7 Å². The van der Waals surface area contributed by atoms with Crippen LogP contribution in [-0.4, -0.2) is 64.1 Å². The number of piperidine rings is 1. The highest BCUT2D eigenvalue weighted by Gasteiger charge is 2.45. The Kier molecular flexibility index (Phi) is 7.86. The van der Waals surface area contributed by atoms with Crippen molar-refractivity contribution in [3.05, 3.63) is 84.3 Å². The zero-order valence-corrected chi connectivity index (χ0v) is 26.3. The molecule has 5 aromatic rings. The maximum atomic E-state index is 16.7. The first-order chi connectivity index (χ1) is 23.4. The van der Waals surface area contributed by atoms with Gasteiger partial charge in [-0.15, -0.1) is 0 Å². The number of pyridine rings is 1. The van der Waals surface area contributed by atoms with Gasteiger partial charge in [0.15, 0.2) is 17.4 Å². The van der Waals surface area contributed by atoms with Crippen molar-refractivity contribution < 1.29 is 27.4 Å². The SMILES string of the molecule is O=C(Oc1ccccc1F)C1CCN(c2nc(OCC34CCCN3CCC4)nc3c(F)c(-c4cccc5cccc(F)c45)ncc23)CC1. The van der Waals surface area contributed by atoms with Gasteiger partial charge in [0.25, 0.3) is 0 Å². The molecule has 2 aromatic heterocycles. The topological polar surface area (TPSA) is 80.7 Å². The van der Waals surface area contributed by atoms with Crippen molar-refractivity contribution in [2.45, 2.75) is 44.1 Å². The summed E-state index contributed by atoms with van der Waals surface area (Å²) in [6, 6.07) is 15.8. The van der Waals surface area contributed by atoms with Gasteiger partial charge < -0.3 is 14.4 Å². The monoisotopic (exact) mass is 653 g/mol. The number of benzene rings is 3. The third-order valence-corrected chi connectivity index (χ3v) is 10.2. The Bertz CT molecular complexity index is 2020. The molecule has 3 saturated heterocycles. The number of para-hydroxylation sites is 1. The molecule has 0 N–H and O–H groups in total. The quantitative estimate of drug-likeness (QED) is 0.136. The first-order valence-electron chi connectivity index (χ1n) is 16.5. The molecule has 0 saturated carbocycles. The molecular formula is C37H34F3N5O3.